The van der Waals surface area contributed by atoms with Gasteiger partial charge in [0.25, 0.3) is 0 Å². The fraction of sp³-hybridized carbons (Fsp3) is 0. The Morgan fingerprint density at radius 1 is 0.882 bits per heavy atom. The highest BCUT2D eigenvalue weighted by Crippen LogP contribution is 2.21. The average molecular weight is 233 g/mol. The van der Waals surface area contributed by atoms with Crippen LogP contribution in [0.4, 0.5) is 8.78 Å². The number of carbonyl (C=O) groups is 1. The summed E-state index contributed by atoms with van der Waals surface area (Å²) in [6.07, 6.45) is 0. The predicted molar refractivity (Wildman–Crippen MR) is 60.3 cm³/mol. The van der Waals surface area contributed by atoms with Crippen molar-refractivity contribution in [3.8, 4) is 11.1 Å². The molecule has 0 radical (unpaired) electrons. The third-order valence-corrected chi connectivity index (χ3v) is 2.37. The van der Waals surface area contributed by atoms with Crippen LogP contribution in [0.2, 0.25) is 0 Å². The zero-order valence-electron chi connectivity index (χ0n) is 8.78. The Morgan fingerprint density at radius 3 is 1.88 bits per heavy atom. The van der Waals surface area contributed by atoms with Crippen molar-refractivity contribution in [2.75, 3.05) is 0 Å². The smallest absolute Gasteiger partial charge is 0.248 e. The standard InChI is InChI=1S/C13H9F2NO/c14-11-5-10(6-12(15)7-11)8-1-3-9(4-2-8)13(16)17/h1-7H,(H2,16,17). The number of benzene rings is 2. The minimum atomic E-state index is -0.640. The first-order valence-corrected chi connectivity index (χ1v) is 4.92. The van der Waals surface area contributed by atoms with E-state index in [0.29, 0.717) is 16.7 Å². The van der Waals surface area contributed by atoms with Gasteiger partial charge in [-0.2, -0.15) is 0 Å². The normalized spacial score (nSPS) is 10.2. The summed E-state index contributed by atoms with van der Waals surface area (Å²) in [5.41, 5.74) is 6.48. The summed E-state index contributed by atoms with van der Waals surface area (Å²) in [5, 5.41) is 0. The van der Waals surface area contributed by atoms with E-state index >= 15 is 0 Å². The van der Waals surface area contributed by atoms with Crippen LogP contribution in [0.15, 0.2) is 42.5 Å². The van der Waals surface area contributed by atoms with E-state index in [2.05, 4.69) is 0 Å². The van der Waals surface area contributed by atoms with E-state index in [1.807, 2.05) is 0 Å². The highest BCUT2D eigenvalue weighted by Gasteiger charge is 2.04. The van der Waals surface area contributed by atoms with E-state index in [1.54, 1.807) is 12.1 Å². The van der Waals surface area contributed by atoms with E-state index < -0.39 is 17.5 Å². The van der Waals surface area contributed by atoms with Crippen molar-refractivity contribution in [1.82, 2.24) is 0 Å². The molecule has 2 aromatic rings. The predicted octanol–water partition coefficient (Wildman–Crippen LogP) is 2.73. The quantitative estimate of drug-likeness (QED) is 0.851. The van der Waals surface area contributed by atoms with Gasteiger partial charge in [0.1, 0.15) is 11.6 Å². The molecule has 1 amide bonds. The van der Waals surface area contributed by atoms with Crippen molar-refractivity contribution in [3.63, 3.8) is 0 Å². The number of halogens is 2. The molecule has 17 heavy (non-hydrogen) atoms. The Kier molecular flexibility index (Phi) is 2.87. The number of primary amides is 1. The molecule has 2 nitrogen and oxygen atoms in total. The number of carbonyl (C=O) groups excluding carboxylic acids is 1. The van der Waals surface area contributed by atoms with Gasteiger partial charge in [-0.3, -0.25) is 4.79 Å². The molecule has 0 aliphatic heterocycles. The molecule has 0 bridgehead atoms. The van der Waals surface area contributed by atoms with Gasteiger partial charge in [0.15, 0.2) is 0 Å². The summed E-state index contributed by atoms with van der Waals surface area (Å²) in [4.78, 5) is 10.9. The molecular formula is C13H9F2NO. The van der Waals surface area contributed by atoms with Gasteiger partial charge in [0.2, 0.25) is 5.91 Å². The van der Waals surface area contributed by atoms with Crippen LogP contribution < -0.4 is 5.73 Å². The van der Waals surface area contributed by atoms with Gasteiger partial charge in [0.05, 0.1) is 0 Å². The van der Waals surface area contributed by atoms with Crippen LogP contribution in [0.1, 0.15) is 10.4 Å². The maximum Gasteiger partial charge on any atom is 0.248 e. The second kappa shape index (κ2) is 4.33. The zero-order chi connectivity index (χ0) is 12.4. The van der Waals surface area contributed by atoms with Gasteiger partial charge in [-0.15, -0.1) is 0 Å². The molecule has 4 heteroatoms. The Morgan fingerprint density at radius 2 is 1.41 bits per heavy atom. The largest absolute Gasteiger partial charge is 0.366 e. The molecule has 86 valence electrons. The van der Waals surface area contributed by atoms with Crippen molar-refractivity contribution in [2.45, 2.75) is 0 Å². The van der Waals surface area contributed by atoms with Crippen molar-refractivity contribution in [2.24, 2.45) is 5.73 Å². The molecule has 0 unspecified atom stereocenters. The summed E-state index contributed by atoms with van der Waals surface area (Å²) < 4.78 is 26.0. The van der Waals surface area contributed by atoms with E-state index in [9.17, 15) is 13.6 Å². The maximum absolute atomic E-state index is 13.0. The third kappa shape index (κ3) is 2.47. The second-order valence-corrected chi connectivity index (χ2v) is 3.60. The molecule has 0 spiro atoms. The highest BCUT2D eigenvalue weighted by atomic mass is 19.1. The lowest BCUT2D eigenvalue weighted by Crippen LogP contribution is -2.10. The van der Waals surface area contributed by atoms with Crippen molar-refractivity contribution >= 4 is 5.91 Å². The lowest BCUT2D eigenvalue weighted by atomic mass is 10.0. The lowest BCUT2D eigenvalue weighted by molar-refractivity contribution is 0.100. The van der Waals surface area contributed by atoms with Crippen molar-refractivity contribution < 1.29 is 13.6 Å². The molecule has 0 heterocycles. The molecule has 0 aliphatic rings. The highest BCUT2D eigenvalue weighted by molar-refractivity contribution is 5.93. The molecule has 2 N–H and O–H groups in total. The first-order chi connectivity index (χ1) is 8.06. The Hall–Kier alpha value is -2.23. The third-order valence-electron chi connectivity index (χ3n) is 2.37. The average Bonchev–Trinajstić information content (AvgIpc) is 2.28. The van der Waals surface area contributed by atoms with Gasteiger partial charge in [-0.05, 0) is 35.4 Å². The topological polar surface area (TPSA) is 43.1 Å². The molecule has 0 saturated carbocycles. The molecule has 2 rings (SSSR count). The molecular weight excluding hydrogens is 224 g/mol. The molecule has 0 atom stereocenters. The van der Waals surface area contributed by atoms with Gasteiger partial charge in [-0.25, -0.2) is 8.78 Å². The van der Waals surface area contributed by atoms with Gasteiger partial charge < -0.3 is 5.73 Å². The Bertz CT molecular complexity index is 544. The van der Waals surface area contributed by atoms with Crippen LogP contribution >= 0.6 is 0 Å². The molecule has 0 fully saturated rings. The van der Waals surface area contributed by atoms with Gasteiger partial charge in [-0.1, -0.05) is 12.1 Å². The van der Waals surface area contributed by atoms with E-state index in [4.69, 9.17) is 5.73 Å². The molecule has 2 aromatic carbocycles. The molecule has 0 aromatic heterocycles. The van der Waals surface area contributed by atoms with Gasteiger partial charge >= 0.3 is 0 Å². The maximum atomic E-state index is 13.0. The monoisotopic (exact) mass is 233 g/mol. The summed E-state index contributed by atoms with van der Waals surface area (Å²) >= 11 is 0. The minimum Gasteiger partial charge on any atom is -0.366 e. The van der Waals surface area contributed by atoms with Crippen LogP contribution in [0.5, 0.6) is 0 Å². The van der Waals surface area contributed by atoms with E-state index in [1.165, 1.54) is 24.3 Å². The Balaban J connectivity index is 2.43. The SMILES string of the molecule is NC(=O)c1ccc(-c2cc(F)cc(F)c2)cc1. The number of hydrogen-bond donors (Lipinski definition) is 1. The second-order valence-electron chi connectivity index (χ2n) is 3.60. The number of amides is 1. The van der Waals surface area contributed by atoms with Crippen molar-refractivity contribution in [1.29, 1.82) is 0 Å². The summed E-state index contributed by atoms with van der Waals surface area (Å²) in [6.45, 7) is 0. The molecule has 0 saturated heterocycles. The Labute approximate surface area is 96.7 Å². The van der Waals surface area contributed by atoms with E-state index in [0.717, 1.165) is 6.07 Å². The minimum absolute atomic E-state index is 0.352. The lowest BCUT2D eigenvalue weighted by Gasteiger charge is -2.03. The number of nitrogens with two attached hydrogens (primary N) is 1. The number of rotatable bonds is 2. The van der Waals surface area contributed by atoms with Crippen LogP contribution in [0.3, 0.4) is 0 Å². The van der Waals surface area contributed by atoms with Crippen LogP contribution in [-0.4, -0.2) is 5.91 Å². The molecule has 0 aliphatic carbocycles. The number of hydrogen-bond acceptors (Lipinski definition) is 1. The zero-order valence-corrected chi connectivity index (χ0v) is 8.78. The summed E-state index contributed by atoms with van der Waals surface area (Å²) in [5.74, 6) is -1.82. The fourth-order valence-corrected chi connectivity index (χ4v) is 1.55. The van der Waals surface area contributed by atoms with Gasteiger partial charge in [0, 0.05) is 11.6 Å². The van der Waals surface area contributed by atoms with Crippen LogP contribution in [-0.2, 0) is 0 Å². The van der Waals surface area contributed by atoms with Crippen LogP contribution in [0, 0.1) is 11.6 Å². The first-order valence-electron chi connectivity index (χ1n) is 4.92. The summed E-state index contributed by atoms with van der Waals surface area (Å²) in [7, 11) is 0. The summed E-state index contributed by atoms with van der Waals surface area (Å²) in [6, 6.07) is 9.47. The van der Waals surface area contributed by atoms with Crippen molar-refractivity contribution in [3.05, 3.63) is 59.7 Å². The van der Waals surface area contributed by atoms with Crippen LogP contribution in [0.25, 0.3) is 11.1 Å². The first kappa shape index (κ1) is 11.3. The van der Waals surface area contributed by atoms with E-state index in [-0.39, 0.29) is 0 Å². The fourth-order valence-electron chi connectivity index (χ4n) is 1.55.